The predicted octanol–water partition coefficient (Wildman–Crippen LogP) is 2.58. The highest BCUT2D eigenvalue weighted by molar-refractivity contribution is 5.97. The number of morpholine rings is 1. The van der Waals surface area contributed by atoms with E-state index < -0.39 is 0 Å². The van der Waals surface area contributed by atoms with Crippen LogP contribution in [0.25, 0.3) is 0 Å². The number of para-hydroxylation sites is 1. The quantitative estimate of drug-likeness (QED) is 0.729. The number of amides is 2. The highest BCUT2D eigenvalue weighted by atomic mass is 16.5. The maximum absolute atomic E-state index is 13.2. The maximum atomic E-state index is 13.2. The lowest BCUT2D eigenvalue weighted by Crippen LogP contribution is -2.47. The van der Waals surface area contributed by atoms with Gasteiger partial charge in [0.2, 0.25) is 5.91 Å². The first-order chi connectivity index (χ1) is 15.0. The Bertz CT molecular complexity index is 908. The maximum Gasteiger partial charge on any atom is 0.257 e. The van der Waals surface area contributed by atoms with Crippen molar-refractivity contribution < 1.29 is 23.6 Å². The molecule has 0 aliphatic carbocycles. The van der Waals surface area contributed by atoms with Gasteiger partial charge in [-0.15, -0.1) is 0 Å². The van der Waals surface area contributed by atoms with Crippen LogP contribution in [0.2, 0.25) is 0 Å². The third-order valence-corrected chi connectivity index (χ3v) is 6.12. The van der Waals surface area contributed by atoms with Gasteiger partial charge in [-0.1, -0.05) is 17.3 Å². The summed E-state index contributed by atoms with van der Waals surface area (Å²) >= 11 is 0. The second-order valence-electron chi connectivity index (χ2n) is 8.09. The molecule has 8 heteroatoms. The Hall–Kier alpha value is -2.87. The molecule has 8 nitrogen and oxygen atoms in total. The van der Waals surface area contributed by atoms with Gasteiger partial charge in [-0.2, -0.15) is 0 Å². The van der Waals surface area contributed by atoms with E-state index in [1.165, 1.54) is 0 Å². The molecule has 2 saturated heterocycles. The second kappa shape index (κ2) is 9.51. The molecule has 0 unspecified atom stereocenters. The van der Waals surface area contributed by atoms with Crippen LogP contribution >= 0.6 is 0 Å². The van der Waals surface area contributed by atoms with Crippen molar-refractivity contribution in [3.63, 3.8) is 0 Å². The van der Waals surface area contributed by atoms with Crippen molar-refractivity contribution in [2.24, 2.45) is 5.92 Å². The summed E-state index contributed by atoms with van der Waals surface area (Å²) < 4.78 is 16.5. The Labute approximate surface area is 182 Å². The lowest BCUT2D eigenvalue weighted by Gasteiger charge is -2.35. The summed E-state index contributed by atoms with van der Waals surface area (Å²) in [4.78, 5) is 29.7. The van der Waals surface area contributed by atoms with Crippen molar-refractivity contribution in [2.45, 2.75) is 33.3 Å². The largest absolute Gasteiger partial charge is 0.488 e. The van der Waals surface area contributed by atoms with E-state index in [1.807, 2.05) is 35.8 Å². The minimum absolute atomic E-state index is 0.0202. The fraction of sp³-hybridized carbons (Fsp3) is 0.522. The summed E-state index contributed by atoms with van der Waals surface area (Å²) in [6, 6.07) is 7.29. The van der Waals surface area contributed by atoms with Crippen LogP contribution in [0, 0.1) is 19.8 Å². The molecule has 2 aliphatic heterocycles. The average molecular weight is 428 g/mol. The zero-order valence-electron chi connectivity index (χ0n) is 18.1. The molecule has 3 heterocycles. The molecule has 1 aromatic carbocycles. The van der Waals surface area contributed by atoms with Crippen LogP contribution in [-0.2, 0) is 16.1 Å². The first kappa shape index (κ1) is 21.4. The predicted molar refractivity (Wildman–Crippen MR) is 113 cm³/mol. The molecule has 2 amide bonds. The number of benzene rings is 1. The van der Waals surface area contributed by atoms with Crippen LogP contribution in [-0.4, -0.2) is 66.2 Å². The van der Waals surface area contributed by atoms with E-state index in [0.29, 0.717) is 75.9 Å². The standard InChI is InChI=1S/C23H29N3O5/c1-16-20(17(2)31-24-16)15-30-21-6-4-3-5-19(21)23(28)25-9-7-18(8-10-25)22(27)26-11-13-29-14-12-26/h3-6,18H,7-15H2,1-2H3. The van der Waals surface area contributed by atoms with E-state index in [0.717, 1.165) is 11.3 Å². The summed E-state index contributed by atoms with van der Waals surface area (Å²) in [6.45, 7) is 7.67. The second-order valence-corrected chi connectivity index (χ2v) is 8.09. The van der Waals surface area contributed by atoms with E-state index >= 15 is 0 Å². The number of hydrogen-bond donors (Lipinski definition) is 0. The van der Waals surface area contributed by atoms with Gasteiger partial charge in [0.25, 0.3) is 5.91 Å². The van der Waals surface area contributed by atoms with Gasteiger partial charge in [-0.3, -0.25) is 9.59 Å². The Morgan fingerprint density at radius 1 is 1.06 bits per heavy atom. The van der Waals surface area contributed by atoms with Gasteiger partial charge < -0.3 is 23.8 Å². The van der Waals surface area contributed by atoms with E-state index in [1.54, 1.807) is 12.1 Å². The zero-order chi connectivity index (χ0) is 21.8. The molecule has 0 atom stereocenters. The number of carbonyl (C=O) groups excluding carboxylic acids is 2. The van der Waals surface area contributed by atoms with Crippen molar-refractivity contribution in [1.82, 2.24) is 15.0 Å². The lowest BCUT2D eigenvalue weighted by atomic mass is 9.94. The van der Waals surface area contributed by atoms with Crippen LogP contribution in [0.1, 0.15) is 40.2 Å². The van der Waals surface area contributed by atoms with Gasteiger partial charge in [0.15, 0.2) is 0 Å². The van der Waals surface area contributed by atoms with Crippen molar-refractivity contribution in [3.8, 4) is 5.75 Å². The first-order valence-electron chi connectivity index (χ1n) is 10.8. The van der Waals surface area contributed by atoms with Crippen LogP contribution in [0.3, 0.4) is 0 Å². The Morgan fingerprint density at radius 3 is 2.45 bits per heavy atom. The molecular formula is C23H29N3O5. The molecule has 0 radical (unpaired) electrons. The van der Waals surface area contributed by atoms with Crippen molar-refractivity contribution in [3.05, 3.63) is 46.8 Å². The molecule has 2 aliphatic rings. The number of rotatable bonds is 5. The molecule has 2 aromatic rings. The van der Waals surface area contributed by atoms with Crippen molar-refractivity contribution in [1.29, 1.82) is 0 Å². The number of carbonyl (C=O) groups is 2. The third kappa shape index (κ3) is 4.74. The molecule has 31 heavy (non-hydrogen) atoms. The molecule has 4 rings (SSSR count). The SMILES string of the molecule is Cc1noc(C)c1COc1ccccc1C(=O)N1CCC(C(=O)N2CCOCC2)CC1. The highest BCUT2D eigenvalue weighted by Crippen LogP contribution is 2.26. The van der Waals surface area contributed by atoms with E-state index in [4.69, 9.17) is 14.0 Å². The van der Waals surface area contributed by atoms with E-state index in [2.05, 4.69) is 5.16 Å². The molecule has 0 saturated carbocycles. The average Bonchev–Trinajstić information content (AvgIpc) is 3.14. The molecular weight excluding hydrogens is 398 g/mol. The van der Waals surface area contributed by atoms with Gasteiger partial charge in [0.05, 0.1) is 30.0 Å². The van der Waals surface area contributed by atoms with Crippen LogP contribution in [0.5, 0.6) is 5.75 Å². The van der Waals surface area contributed by atoms with Crippen LogP contribution in [0.4, 0.5) is 0 Å². The number of piperidine rings is 1. The van der Waals surface area contributed by atoms with Crippen LogP contribution in [0.15, 0.2) is 28.8 Å². The Kier molecular flexibility index (Phi) is 6.56. The summed E-state index contributed by atoms with van der Waals surface area (Å²) in [5.41, 5.74) is 2.21. The Balaban J connectivity index is 1.37. The van der Waals surface area contributed by atoms with E-state index in [-0.39, 0.29) is 17.7 Å². The fourth-order valence-electron chi connectivity index (χ4n) is 4.17. The molecule has 0 bridgehead atoms. The zero-order valence-corrected chi connectivity index (χ0v) is 18.1. The molecule has 1 aromatic heterocycles. The number of aryl methyl sites for hydroxylation is 2. The normalized spacial score (nSPS) is 17.6. The number of ether oxygens (including phenoxy) is 2. The van der Waals surface area contributed by atoms with Gasteiger partial charge in [-0.25, -0.2) is 0 Å². The molecule has 0 N–H and O–H groups in total. The van der Waals surface area contributed by atoms with Crippen molar-refractivity contribution >= 4 is 11.8 Å². The molecule has 166 valence electrons. The summed E-state index contributed by atoms with van der Waals surface area (Å²) in [5, 5.41) is 3.95. The van der Waals surface area contributed by atoms with Gasteiger partial charge >= 0.3 is 0 Å². The topological polar surface area (TPSA) is 85.1 Å². The molecule has 2 fully saturated rings. The summed E-state index contributed by atoms with van der Waals surface area (Å²) in [7, 11) is 0. The number of hydrogen-bond acceptors (Lipinski definition) is 6. The van der Waals surface area contributed by atoms with Gasteiger partial charge in [0.1, 0.15) is 18.1 Å². The van der Waals surface area contributed by atoms with Crippen molar-refractivity contribution in [2.75, 3.05) is 39.4 Å². The fourth-order valence-corrected chi connectivity index (χ4v) is 4.17. The summed E-state index contributed by atoms with van der Waals surface area (Å²) in [6.07, 6.45) is 1.37. The van der Waals surface area contributed by atoms with Gasteiger partial charge in [-0.05, 0) is 38.8 Å². The first-order valence-corrected chi connectivity index (χ1v) is 10.8. The minimum atomic E-state index is -0.0633. The smallest absolute Gasteiger partial charge is 0.257 e. The minimum Gasteiger partial charge on any atom is -0.488 e. The Morgan fingerprint density at radius 2 is 1.77 bits per heavy atom. The number of likely N-dealkylation sites (tertiary alicyclic amines) is 1. The van der Waals surface area contributed by atoms with Crippen LogP contribution < -0.4 is 4.74 Å². The third-order valence-electron chi connectivity index (χ3n) is 6.12. The highest BCUT2D eigenvalue weighted by Gasteiger charge is 2.31. The number of nitrogens with zero attached hydrogens (tertiary/aromatic N) is 3. The number of aromatic nitrogens is 1. The monoisotopic (exact) mass is 427 g/mol. The summed E-state index contributed by atoms with van der Waals surface area (Å²) in [5.74, 6) is 1.37. The van der Waals surface area contributed by atoms with E-state index in [9.17, 15) is 9.59 Å². The van der Waals surface area contributed by atoms with Gasteiger partial charge in [0, 0.05) is 32.1 Å². The molecule has 0 spiro atoms. The lowest BCUT2D eigenvalue weighted by molar-refractivity contribution is -0.141.